The number of aromatic nitrogens is 1. The molecule has 1 aromatic heterocycles. The maximum Gasteiger partial charge on any atom is 0.147 e. The van der Waals surface area contributed by atoms with Crippen LogP contribution in [0.4, 0.5) is 4.39 Å². The van der Waals surface area contributed by atoms with Crippen molar-refractivity contribution in [3.63, 3.8) is 0 Å². The standard InChI is InChI=1S/C22H21FN2O/c1-4-14-26-24-16(2)19-15-22(18-10-6-5-7-11-18)25(17(19)3)21-13-9-8-12-20(21)23/h4-13,15H,1,14H2,2-3H3/b24-16+. The van der Waals surface area contributed by atoms with E-state index in [2.05, 4.69) is 11.7 Å². The van der Waals surface area contributed by atoms with Gasteiger partial charge in [0.05, 0.1) is 17.1 Å². The molecule has 0 amide bonds. The van der Waals surface area contributed by atoms with Gasteiger partial charge >= 0.3 is 0 Å². The van der Waals surface area contributed by atoms with Crippen molar-refractivity contribution in [2.45, 2.75) is 13.8 Å². The predicted molar refractivity (Wildman–Crippen MR) is 104 cm³/mol. The van der Waals surface area contributed by atoms with Crippen molar-refractivity contribution in [1.82, 2.24) is 4.57 Å². The first-order chi connectivity index (χ1) is 12.6. The number of para-hydroxylation sites is 1. The second kappa shape index (κ2) is 7.83. The zero-order valence-electron chi connectivity index (χ0n) is 14.9. The zero-order chi connectivity index (χ0) is 18.5. The van der Waals surface area contributed by atoms with Crippen molar-refractivity contribution in [2.75, 3.05) is 6.61 Å². The van der Waals surface area contributed by atoms with E-state index in [9.17, 15) is 4.39 Å². The first-order valence-electron chi connectivity index (χ1n) is 8.44. The Kier molecular flexibility index (Phi) is 5.32. The molecule has 0 saturated heterocycles. The Morgan fingerprint density at radius 2 is 1.85 bits per heavy atom. The molecule has 3 rings (SSSR count). The second-order valence-corrected chi connectivity index (χ2v) is 5.94. The first-order valence-corrected chi connectivity index (χ1v) is 8.44. The predicted octanol–water partition coefficient (Wildman–Crippen LogP) is 5.52. The summed E-state index contributed by atoms with van der Waals surface area (Å²) in [5.74, 6) is -0.271. The summed E-state index contributed by atoms with van der Waals surface area (Å²) in [5, 5.41) is 4.15. The summed E-state index contributed by atoms with van der Waals surface area (Å²) in [4.78, 5) is 5.22. The van der Waals surface area contributed by atoms with E-state index in [1.54, 1.807) is 18.2 Å². The highest BCUT2D eigenvalue weighted by molar-refractivity contribution is 6.01. The summed E-state index contributed by atoms with van der Waals surface area (Å²) in [7, 11) is 0. The van der Waals surface area contributed by atoms with Gasteiger partial charge < -0.3 is 9.40 Å². The highest BCUT2D eigenvalue weighted by Gasteiger charge is 2.18. The molecule has 26 heavy (non-hydrogen) atoms. The number of oxime groups is 1. The fourth-order valence-electron chi connectivity index (χ4n) is 2.97. The van der Waals surface area contributed by atoms with Crippen LogP contribution in [0, 0.1) is 12.7 Å². The van der Waals surface area contributed by atoms with Crippen LogP contribution in [0.1, 0.15) is 18.2 Å². The third-order valence-corrected chi connectivity index (χ3v) is 4.19. The van der Waals surface area contributed by atoms with Crippen molar-refractivity contribution in [1.29, 1.82) is 0 Å². The van der Waals surface area contributed by atoms with Gasteiger partial charge in [-0.05, 0) is 37.6 Å². The smallest absolute Gasteiger partial charge is 0.147 e. The van der Waals surface area contributed by atoms with Gasteiger partial charge in [0.1, 0.15) is 12.4 Å². The summed E-state index contributed by atoms with van der Waals surface area (Å²) < 4.78 is 16.4. The molecule has 4 heteroatoms. The van der Waals surface area contributed by atoms with Crippen LogP contribution in [0.3, 0.4) is 0 Å². The summed E-state index contributed by atoms with van der Waals surface area (Å²) in [6.45, 7) is 7.80. The molecule has 2 aromatic carbocycles. The third kappa shape index (κ3) is 3.45. The summed E-state index contributed by atoms with van der Waals surface area (Å²) in [6.07, 6.45) is 1.64. The van der Waals surface area contributed by atoms with Crippen LogP contribution in [0.5, 0.6) is 0 Å². The molecule has 0 fully saturated rings. The summed E-state index contributed by atoms with van der Waals surface area (Å²) in [6, 6.07) is 18.7. The van der Waals surface area contributed by atoms with Gasteiger partial charge in [0.25, 0.3) is 0 Å². The van der Waals surface area contributed by atoms with Gasteiger partial charge in [-0.3, -0.25) is 0 Å². The molecule has 1 heterocycles. The molecule has 0 aliphatic carbocycles. The largest absolute Gasteiger partial charge is 0.391 e. The minimum atomic E-state index is -0.271. The first kappa shape index (κ1) is 17.7. The van der Waals surface area contributed by atoms with E-state index >= 15 is 0 Å². The van der Waals surface area contributed by atoms with E-state index in [4.69, 9.17) is 4.84 Å². The topological polar surface area (TPSA) is 26.5 Å². The molecule has 0 saturated carbocycles. The number of rotatable bonds is 6. The number of hydrogen-bond acceptors (Lipinski definition) is 2. The van der Waals surface area contributed by atoms with E-state index in [1.807, 2.05) is 60.9 Å². The van der Waals surface area contributed by atoms with Crippen LogP contribution < -0.4 is 0 Å². The Hall–Kier alpha value is -3.14. The molecular weight excluding hydrogens is 327 g/mol. The highest BCUT2D eigenvalue weighted by Crippen LogP contribution is 2.30. The normalized spacial score (nSPS) is 11.4. The average Bonchev–Trinajstić information content (AvgIpc) is 3.00. The SMILES string of the molecule is C=CCO/N=C(\C)c1cc(-c2ccccc2)n(-c2ccccc2F)c1C. The molecule has 3 nitrogen and oxygen atoms in total. The monoisotopic (exact) mass is 348 g/mol. The van der Waals surface area contributed by atoms with E-state index in [0.29, 0.717) is 12.3 Å². The van der Waals surface area contributed by atoms with Gasteiger partial charge in [-0.1, -0.05) is 60.3 Å². The maximum absolute atomic E-state index is 14.5. The molecule has 0 aliphatic heterocycles. The van der Waals surface area contributed by atoms with Crippen LogP contribution in [-0.4, -0.2) is 16.9 Å². The molecule has 0 atom stereocenters. The van der Waals surface area contributed by atoms with Gasteiger partial charge in [0.2, 0.25) is 0 Å². The Morgan fingerprint density at radius 3 is 2.54 bits per heavy atom. The fraction of sp³-hybridized carbons (Fsp3) is 0.136. The van der Waals surface area contributed by atoms with Crippen molar-refractivity contribution in [3.05, 3.63) is 90.4 Å². The van der Waals surface area contributed by atoms with Crippen molar-refractivity contribution >= 4 is 5.71 Å². The van der Waals surface area contributed by atoms with Crippen molar-refractivity contribution < 1.29 is 9.23 Å². The van der Waals surface area contributed by atoms with Gasteiger partial charge in [0.15, 0.2) is 0 Å². The molecular formula is C22H21FN2O. The highest BCUT2D eigenvalue weighted by atomic mass is 19.1. The number of benzene rings is 2. The van der Waals surface area contributed by atoms with Crippen LogP contribution in [-0.2, 0) is 4.84 Å². The van der Waals surface area contributed by atoms with Crippen molar-refractivity contribution in [2.24, 2.45) is 5.16 Å². The Morgan fingerprint density at radius 1 is 1.15 bits per heavy atom. The molecule has 3 aromatic rings. The number of hydrogen-bond donors (Lipinski definition) is 0. The van der Waals surface area contributed by atoms with E-state index in [1.165, 1.54) is 6.07 Å². The molecule has 0 unspecified atom stereocenters. The zero-order valence-corrected chi connectivity index (χ0v) is 14.9. The van der Waals surface area contributed by atoms with E-state index < -0.39 is 0 Å². The van der Waals surface area contributed by atoms with Crippen molar-refractivity contribution in [3.8, 4) is 16.9 Å². The molecule has 132 valence electrons. The Bertz CT molecular complexity index is 942. The Balaban J connectivity index is 2.20. The number of halogens is 1. The summed E-state index contributed by atoms with van der Waals surface area (Å²) in [5.41, 5.74) is 4.96. The minimum Gasteiger partial charge on any atom is -0.391 e. The van der Waals surface area contributed by atoms with E-state index in [-0.39, 0.29) is 5.82 Å². The van der Waals surface area contributed by atoms with Crippen LogP contribution in [0.2, 0.25) is 0 Å². The third-order valence-electron chi connectivity index (χ3n) is 4.19. The fourth-order valence-corrected chi connectivity index (χ4v) is 2.97. The van der Waals surface area contributed by atoms with Gasteiger partial charge in [-0.2, -0.15) is 0 Å². The van der Waals surface area contributed by atoms with Gasteiger partial charge in [0, 0.05) is 11.3 Å². The van der Waals surface area contributed by atoms with Crippen LogP contribution >= 0.6 is 0 Å². The lowest BCUT2D eigenvalue weighted by molar-refractivity contribution is 0.175. The molecule has 0 bridgehead atoms. The maximum atomic E-state index is 14.5. The molecule has 0 spiro atoms. The number of nitrogens with zero attached hydrogens (tertiary/aromatic N) is 2. The lowest BCUT2D eigenvalue weighted by atomic mass is 10.1. The summed E-state index contributed by atoms with van der Waals surface area (Å²) >= 11 is 0. The lowest BCUT2D eigenvalue weighted by Gasteiger charge is -2.13. The van der Waals surface area contributed by atoms with E-state index in [0.717, 1.165) is 28.2 Å². The average molecular weight is 348 g/mol. The van der Waals surface area contributed by atoms with Gasteiger partial charge in [-0.25, -0.2) is 4.39 Å². The Labute approximate surface area is 153 Å². The quantitative estimate of drug-likeness (QED) is 0.249. The van der Waals surface area contributed by atoms with Crippen LogP contribution in [0.15, 0.2) is 78.5 Å². The molecule has 0 aliphatic rings. The molecule has 0 radical (unpaired) electrons. The molecule has 0 N–H and O–H groups in total. The lowest BCUT2D eigenvalue weighted by Crippen LogP contribution is -2.04. The minimum absolute atomic E-state index is 0.271. The van der Waals surface area contributed by atoms with Crippen LogP contribution in [0.25, 0.3) is 16.9 Å². The van der Waals surface area contributed by atoms with Gasteiger partial charge in [-0.15, -0.1) is 0 Å². The second-order valence-electron chi connectivity index (χ2n) is 5.94.